The summed E-state index contributed by atoms with van der Waals surface area (Å²) >= 11 is 0. The minimum atomic E-state index is -0.0364. The SMILES string of the molecule is c1ccc2c(CCC3OCCCO3)ccnc2c1. The molecule has 2 heterocycles. The maximum absolute atomic E-state index is 5.57. The number of hydrogen-bond donors (Lipinski definition) is 0. The summed E-state index contributed by atoms with van der Waals surface area (Å²) in [7, 11) is 0. The Hall–Kier alpha value is -1.45. The first-order valence-electron chi connectivity index (χ1n) is 6.49. The van der Waals surface area contributed by atoms with Crippen LogP contribution in [-0.2, 0) is 15.9 Å². The average molecular weight is 243 g/mol. The summed E-state index contributed by atoms with van der Waals surface area (Å²) in [5, 5.41) is 1.23. The molecule has 18 heavy (non-hydrogen) atoms. The van der Waals surface area contributed by atoms with E-state index in [2.05, 4.69) is 23.2 Å². The fraction of sp³-hybridized carbons (Fsp3) is 0.400. The molecule has 2 aromatic rings. The second kappa shape index (κ2) is 5.46. The number of aromatic nitrogens is 1. The van der Waals surface area contributed by atoms with Gasteiger partial charge in [-0.2, -0.15) is 0 Å². The van der Waals surface area contributed by atoms with Gasteiger partial charge in [0.15, 0.2) is 6.29 Å². The molecular weight excluding hydrogens is 226 g/mol. The van der Waals surface area contributed by atoms with Crippen molar-refractivity contribution in [2.75, 3.05) is 13.2 Å². The normalized spacial score (nSPS) is 17.1. The van der Waals surface area contributed by atoms with E-state index in [1.807, 2.05) is 18.3 Å². The van der Waals surface area contributed by atoms with Crippen molar-refractivity contribution in [2.24, 2.45) is 0 Å². The van der Waals surface area contributed by atoms with Crippen molar-refractivity contribution in [3.05, 3.63) is 42.1 Å². The average Bonchev–Trinajstić information content (AvgIpc) is 2.46. The Labute approximate surface area is 107 Å². The molecule has 0 saturated carbocycles. The molecule has 0 spiro atoms. The summed E-state index contributed by atoms with van der Waals surface area (Å²) in [6.07, 6.45) is 4.72. The van der Waals surface area contributed by atoms with E-state index in [1.165, 1.54) is 10.9 Å². The molecule has 94 valence electrons. The molecule has 0 unspecified atom stereocenters. The molecule has 1 aliphatic heterocycles. The molecule has 1 saturated heterocycles. The fourth-order valence-electron chi connectivity index (χ4n) is 2.35. The van der Waals surface area contributed by atoms with Crippen molar-refractivity contribution in [3.63, 3.8) is 0 Å². The Bertz CT molecular complexity index is 515. The molecule has 3 rings (SSSR count). The van der Waals surface area contributed by atoms with Gasteiger partial charge in [-0.25, -0.2) is 0 Å². The molecular formula is C15H17NO2. The maximum Gasteiger partial charge on any atom is 0.157 e. The standard InChI is InChI=1S/C15H17NO2/c1-2-5-14-13(4-1)12(8-9-16-14)6-7-15-17-10-3-11-18-15/h1-2,4-5,8-9,15H,3,6-7,10-11H2. The lowest BCUT2D eigenvalue weighted by Gasteiger charge is -2.23. The highest BCUT2D eigenvalue weighted by Crippen LogP contribution is 2.19. The van der Waals surface area contributed by atoms with Crippen LogP contribution in [0, 0.1) is 0 Å². The smallest absolute Gasteiger partial charge is 0.157 e. The summed E-state index contributed by atoms with van der Waals surface area (Å²) in [5.74, 6) is 0. The van der Waals surface area contributed by atoms with Crippen molar-refractivity contribution in [1.29, 1.82) is 0 Å². The van der Waals surface area contributed by atoms with E-state index in [0.29, 0.717) is 0 Å². The van der Waals surface area contributed by atoms with Gasteiger partial charge in [0.2, 0.25) is 0 Å². The number of pyridine rings is 1. The van der Waals surface area contributed by atoms with Crippen LogP contribution in [0.1, 0.15) is 18.4 Å². The first-order chi connectivity index (χ1) is 8.93. The molecule has 1 aliphatic rings. The van der Waals surface area contributed by atoms with Gasteiger partial charge >= 0.3 is 0 Å². The molecule has 1 aromatic heterocycles. The van der Waals surface area contributed by atoms with E-state index in [4.69, 9.17) is 9.47 Å². The van der Waals surface area contributed by atoms with Crippen LogP contribution in [0.15, 0.2) is 36.5 Å². The zero-order valence-corrected chi connectivity index (χ0v) is 10.3. The van der Waals surface area contributed by atoms with Crippen molar-refractivity contribution < 1.29 is 9.47 Å². The Balaban J connectivity index is 1.74. The maximum atomic E-state index is 5.57. The van der Waals surface area contributed by atoms with Crippen molar-refractivity contribution in [3.8, 4) is 0 Å². The minimum absolute atomic E-state index is 0.0364. The molecule has 0 amide bonds. The van der Waals surface area contributed by atoms with Gasteiger partial charge in [-0.15, -0.1) is 0 Å². The molecule has 0 bridgehead atoms. The molecule has 0 N–H and O–H groups in total. The van der Waals surface area contributed by atoms with Gasteiger partial charge in [0.05, 0.1) is 18.7 Å². The predicted octanol–water partition coefficient (Wildman–Crippen LogP) is 2.93. The third-order valence-corrected chi connectivity index (χ3v) is 3.28. The van der Waals surface area contributed by atoms with Crippen molar-refractivity contribution >= 4 is 10.9 Å². The monoisotopic (exact) mass is 243 g/mol. The van der Waals surface area contributed by atoms with Crippen molar-refractivity contribution in [2.45, 2.75) is 25.6 Å². The molecule has 0 atom stereocenters. The zero-order valence-electron chi connectivity index (χ0n) is 10.3. The number of aryl methyl sites for hydroxylation is 1. The Morgan fingerprint density at radius 2 is 1.94 bits per heavy atom. The first-order valence-corrected chi connectivity index (χ1v) is 6.49. The Morgan fingerprint density at radius 3 is 2.83 bits per heavy atom. The van der Waals surface area contributed by atoms with E-state index in [9.17, 15) is 0 Å². The van der Waals surface area contributed by atoms with Gasteiger partial charge < -0.3 is 9.47 Å². The largest absolute Gasteiger partial charge is 0.353 e. The van der Waals surface area contributed by atoms with Gasteiger partial charge in [0.25, 0.3) is 0 Å². The van der Waals surface area contributed by atoms with E-state index < -0.39 is 0 Å². The fourth-order valence-corrected chi connectivity index (χ4v) is 2.35. The quantitative estimate of drug-likeness (QED) is 0.830. The first kappa shape index (κ1) is 11.6. The second-order valence-electron chi connectivity index (χ2n) is 4.55. The lowest BCUT2D eigenvalue weighted by Crippen LogP contribution is -2.25. The second-order valence-corrected chi connectivity index (χ2v) is 4.55. The number of benzene rings is 1. The number of fused-ring (bicyclic) bond motifs is 1. The molecule has 3 nitrogen and oxygen atoms in total. The summed E-state index contributed by atoms with van der Waals surface area (Å²) < 4.78 is 11.1. The summed E-state index contributed by atoms with van der Waals surface area (Å²) in [4.78, 5) is 4.37. The molecule has 1 fully saturated rings. The van der Waals surface area contributed by atoms with Gasteiger partial charge in [0, 0.05) is 18.0 Å². The van der Waals surface area contributed by atoms with Crippen LogP contribution in [-0.4, -0.2) is 24.5 Å². The number of ether oxygens (including phenoxy) is 2. The highest BCUT2D eigenvalue weighted by Gasteiger charge is 2.14. The van der Waals surface area contributed by atoms with E-state index in [0.717, 1.165) is 38.0 Å². The van der Waals surface area contributed by atoms with Gasteiger partial charge in [-0.1, -0.05) is 18.2 Å². The van der Waals surface area contributed by atoms with Crippen molar-refractivity contribution in [1.82, 2.24) is 4.98 Å². The third-order valence-electron chi connectivity index (χ3n) is 3.28. The van der Waals surface area contributed by atoms with Gasteiger partial charge in [-0.05, 0) is 30.5 Å². The summed E-state index contributed by atoms with van der Waals surface area (Å²) in [6.45, 7) is 1.64. The summed E-state index contributed by atoms with van der Waals surface area (Å²) in [6, 6.07) is 10.3. The number of para-hydroxylation sites is 1. The lowest BCUT2D eigenvalue weighted by atomic mass is 10.0. The van der Waals surface area contributed by atoms with E-state index in [1.54, 1.807) is 0 Å². The number of nitrogens with zero attached hydrogens (tertiary/aromatic N) is 1. The number of hydrogen-bond acceptors (Lipinski definition) is 3. The van der Waals surface area contributed by atoms with E-state index in [-0.39, 0.29) is 6.29 Å². The lowest BCUT2D eigenvalue weighted by molar-refractivity contribution is -0.180. The van der Waals surface area contributed by atoms with Gasteiger partial charge in [0.1, 0.15) is 0 Å². The van der Waals surface area contributed by atoms with Crippen LogP contribution < -0.4 is 0 Å². The highest BCUT2D eigenvalue weighted by atomic mass is 16.7. The minimum Gasteiger partial charge on any atom is -0.353 e. The molecule has 1 aromatic carbocycles. The topological polar surface area (TPSA) is 31.4 Å². The summed E-state index contributed by atoms with van der Waals surface area (Å²) in [5.41, 5.74) is 2.37. The van der Waals surface area contributed by atoms with Gasteiger partial charge in [-0.3, -0.25) is 4.98 Å². The molecule has 3 heteroatoms. The van der Waals surface area contributed by atoms with Crippen LogP contribution in [0.25, 0.3) is 10.9 Å². The number of rotatable bonds is 3. The highest BCUT2D eigenvalue weighted by molar-refractivity contribution is 5.81. The van der Waals surface area contributed by atoms with Crippen LogP contribution in [0.4, 0.5) is 0 Å². The van der Waals surface area contributed by atoms with Crippen LogP contribution >= 0.6 is 0 Å². The van der Waals surface area contributed by atoms with Crippen LogP contribution in [0.5, 0.6) is 0 Å². The molecule has 0 radical (unpaired) electrons. The Kier molecular flexibility index (Phi) is 3.53. The zero-order chi connectivity index (χ0) is 12.2. The molecule has 0 aliphatic carbocycles. The third kappa shape index (κ3) is 2.52. The van der Waals surface area contributed by atoms with Crippen LogP contribution in [0.2, 0.25) is 0 Å². The van der Waals surface area contributed by atoms with Crippen LogP contribution in [0.3, 0.4) is 0 Å². The predicted molar refractivity (Wildman–Crippen MR) is 70.4 cm³/mol. The van der Waals surface area contributed by atoms with E-state index >= 15 is 0 Å². The Morgan fingerprint density at radius 1 is 1.11 bits per heavy atom.